The van der Waals surface area contributed by atoms with E-state index < -0.39 is 6.04 Å². The Labute approximate surface area is 228 Å². The van der Waals surface area contributed by atoms with Gasteiger partial charge in [-0.15, -0.1) is 5.10 Å². The smallest absolute Gasteiger partial charge is 0.249 e. The molecule has 3 aromatic carbocycles. The summed E-state index contributed by atoms with van der Waals surface area (Å²) in [4.78, 5) is 42.7. The molecule has 8 nitrogen and oxygen atoms in total. The Hall–Kier alpha value is -4.33. The maximum absolute atomic E-state index is 14.3. The average Bonchev–Trinajstić information content (AvgIpc) is 3.35. The number of aromatic nitrogens is 3. The number of Topliss-reactive ketones (excluding diaryl/α,β-unsaturated/α-hetero) is 1. The molecule has 1 aliphatic rings. The predicted molar refractivity (Wildman–Crippen MR) is 150 cm³/mol. The number of ketones is 1. The lowest BCUT2D eigenvalue weighted by molar-refractivity contribution is -0.127. The largest absolute Gasteiger partial charge is 0.351 e. The van der Waals surface area contributed by atoms with Gasteiger partial charge in [0.1, 0.15) is 18.1 Å². The number of hydrogen-bond acceptors (Lipinski definition) is 5. The molecule has 1 aromatic heterocycles. The first-order valence-electron chi connectivity index (χ1n) is 13.5. The van der Waals surface area contributed by atoms with Crippen LogP contribution in [-0.2, 0) is 16.1 Å². The van der Waals surface area contributed by atoms with E-state index in [-0.39, 0.29) is 30.2 Å². The lowest BCUT2D eigenvalue weighted by Crippen LogP contribution is -2.48. The van der Waals surface area contributed by atoms with Crippen molar-refractivity contribution in [3.8, 4) is 0 Å². The number of carbonyl (C=O) groups is 3. The second-order valence-electron chi connectivity index (χ2n) is 10.2. The fourth-order valence-corrected chi connectivity index (χ4v) is 5.46. The van der Waals surface area contributed by atoms with Crippen LogP contribution in [0.3, 0.4) is 0 Å². The van der Waals surface area contributed by atoms with Crippen molar-refractivity contribution >= 4 is 34.3 Å². The molecule has 1 fully saturated rings. The number of carbonyl (C=O) groups excluding carboxylic acids is 3. The zero-order valence-electron chi connectivity index (χ0n) is 22.3. The summed E-state index contributed by atoms with van der Waals surface area (Å²) >= 11 is 0. The van der Waals surface area contributed by atoms with Gasteiger partial charge in [0.05, 0.1) is 11.2 Å². The van der Waals surface area contributed by atoms with Gasteiger partial charge in [-0.1, -0.05) is 73.0 Å². The second kappa shape index (κ2) is 11.6. The number of amides is 2. The SMILES string of the molecule is CC(=O)c1ccccc1N(C(=O)Cn1nnc2ccccc21)[C@H](C(=O)NC1CCCCC1)c1ccccc1C. The van der Waals surface area contributed by atoms with Gasteiger partial charge in [0, 0.05) is 11.6 Å². The zero-order valence-corrected chi connectivity index (χ0v) is 22.3. The van der Waals surface area contributed by atoms with Gasteiger partial charge in [-0.25, -0.2) is 4.68 Å². The average molecular weight is 524 g/mol. The highest BCUT2D eigenvalue weighted by Crippen LogP contribution is 2.33. The first kappa shape index (κ1) is 26.3. The number of aryl methyl sites for hydroxylation is 1. The van der Waals surface area contributed by atoms with Crippen molar-refractivity contribution in [3.63, 3.8) is 0 Å². The highest BCUT2D eigenvalue weighted by atomic mass is 16.2. The summed E-state index contributed by atoms with van der Waals surface area (Å²) in [5.41, 5.74) is 3.74. The van der Waals surface area contributed by atoms with E-state index >= 15 is 0 Å². The minimum absolute atomic E-state index is 0.0528. The van der Waals surface area contributed by atoms with Crippen molar-refractivity contribution in [1.29, 1.82) is 0 Å². The molecule has 1 aliphatic carbocycles. The van der Waals surface area contributed by atoms with Crippen LogP contribution in [0.4, 0.5) is 5.69 Å². The molecule has 8 heteroatoms. The second-order valence-corrected chi connectivity index (χ2v) is 10.2. The first-order chi connectivity index (χ1) is 18.9. The maximum Gasteiger partial charge on any atom is 0.249 e. The van der Waals surface area contributed by atoms with E-state index in [1.54, 1.807) is 24.3 Å². The third-order valence-electron chi connectivity index (χ3n) is 7.46. The number of anilines is 1. The van der Waals surface area contributed by atoms with Gasteiger partial charge in [-0.05, 0) is 62.1 Å². The molecule has 0 unspecified atom stereocenters. The van der Waals surface area contributed by atoms with Gasteiger partial charge in [0.15, 0.2) is 5.78 Å². The highest BCUT2D eigenvalue weighted by Gasteiger charge is 2.36. The van der Waals surface area contributed by atoms with E-state index in [4.69, 9.17) is 0 Å². The van der Waals surface area contributed by atoms with E-state index in [9.17, 15) is 14.4 Å². The Bertz CT molecular complexity index is 1500. The molecule has 0 bridgehead atoms. The third kappa shape index (κ3) is 5.60. The summed E-state index contributed by atoms with van der Waals surface area (Å²) in [6, 6.07) is 21.0. The Kier molecular flexibility index (Phi) is 7.81. The standard InChI is InChI=1S/C31H33N5O3/c1-21-12-6-7-15-24(21)30(31(39)32-23-13-4-3-5-14-23)36(27-18-10-8-16-25(27)22(2)37)29(38)20-35-28-19-11-9-17-26(28)33-34-35/h6-12,15-19,23,30H,3-5,13-14,20H2,1-2H3,(H,32,39)/t30-/m0/s1. The van der Waals surface area contributed by atoms with E-state index in [2.05, 4.69) is 15.6 Å². The maximum atomic E-state index is 14.3. The Morgan fingerprint density at radius 2 is 1.64 bits per heavy atom. The summed E-state index contributed by atoms with van der Waals surface area (Å²) in [6.07, 6.45) is 5.12. The Morgan fingerprint density at radius 3 is 2.41 bits per heavy atom. The van der Waals surface area contributed by atoms with Crippen molar-refractivity contribution in [2.24, 2.45) is 0 Å². The molecule has 0 aliphatic heterocycles. The van der Waals surface area contributed by atoms with Crippen LogP contribution in [0.5, 0.6) is 0 Å². The predicted octanol–water partition coefficient (Wildman–Crippen LogP) is 5.17. The van der Waals surface area contributed by atoms with Gasteiger partial charge in [-0.3, -0.25) is 19.3 Å². The molecular formula is C31H33N5O3. The van der Waals surface area contributed by atoms with Crippen LogP contribution in [0.15, 0.2) is 72.8 Å². The monoisotopic (exact) mass is 523 g/mol. The number of nitrogens with one attached hydrogen (secondary N) is 1. The van der Waals surface area contributed by atoms with Crippen molar-refractivity contribution in [2.75, 3.05) is 4.90 Å². The molecule has 4 aromatic rings. The molecule has 0 spiro atoms. The van der Waals surface area contributed by atoms with Crippen LogP contribution in [0.1, 0.15) is 66.6 Å². The molecule has 2 amide bonds. The number of benzene rings is 3. The number of nitrogens with zero attached hydrogens (tertiary/aromatic N) is 4. The highest BCUT2D eigenvalue weighted by molar-refractivity contribution is 6.08. The van der Waals surface area contributed by atoms with E-state index in [0.717, 1.165) is 37.7 Å². The summed E-state index contributed by atoms with van der Waals surface area (Å²) in [7, 11) is 0. The minimum Gasteiger partial charge on any atom is -0.351 e. The van der Waals surface area contributed by atoms with E-state index in [1.807, 2.05) is 55.5 Å². The number of para-hydroxylation sites is 2. The Morgan fingerprint density at radius 1 is 0.949 bits per heavy atom. The molecule has 5 rings (SSSR count). The summed E-state index contributed by atoms with van der Waals surface area (Å²) in [5.74, 6) is -0.816. The van der Waals surface area contributed by atoms with Crippen molar-refractivity contribution < 1.29 is 14.4 Å². The lowest BCUT2D eigenvalue weighted by atomic mass is 9.93. The number of rotatable bonds is 8. The van der Waals surface area contributed by atoms with Crippen molar-refractivity contribution in [2.45, 2.75) is 64.6 Å². The van der Waals surface area contributed by atoms with Crippen LogP contribution in [0, 0.1) is 6.92 Å². The summed E-state index contributed by atoms with van der Waals surface area (Å²) < 4.78 is 1.54. The molecule has 39 heavy (non-hydrogen) atoms. The van der Waals surface area contributed by atoms with Crippen molar-refractivity contribution in [1.82, 2.24) is 20.3 Å². The van der Waals surface area contributed by atoms with Crippen LogP contribution in [-0.4, -0.2) is 38.6 Å². The molecule has 0 radical (unpaired) electrons. The number of hydrogen-bond donors (Lipinski definition) is 1. The van der Waals surface area contributed by atoms with Gasteiger partial charge in [0.2, 0.25) is 11.8 Å². The molecular weight excluding hydrogens is 490 g/mol. The zero-order chi connectivity index (χ0) is 27.4. The van der Waals surface area contributed by atoms with Crippen LogP contribution in [0.2, 0.25) is 0 Å². The van der Waals surface area contributed by atoms with E-state index in [1.165, 1.54) is 16.5 Å². The third-order valence-corrected chi connectivity index (χ3v) is 7.46. The quantitative estimate of drug-likeness (QED) is 0.322. The fraction of sp³-hybridized carbons (Fsp3) is 0.323. The van der Waals surface area contributed by atoms with Crippen LogP contribution < -0.4 is 10.2 Å². The van der Waals surface area contributed by atoms with Gasteiger partial charge >= 0.3 is 0 Å². The topological polar surface area (TPSA) is 97.2 Å². The molecule has 0 saturated heterocycles. The van der Waals surface area contributed by atoms with Crippen LogP contribution in [0.25, 0.3) is 11.0 Å². The van der Waals surface area contributed by atoms with E-state index in [0.29, 0.717) is 27.8 Å². The molecule has 200 valence electrons. The van der Waals surface area contributed by atoms with Gasteiger partial charge < -0.3 is 5.32 Å². The van der Waals surface area contributed by atoms with Gasteiger partial charge in [0.25, 0.3) is 0 Å². The van der Waals surface area contributed by atoms with Crippen molar-refractivity contribution in [3.05, 3.63) is 89.5 Å². The number of fused-ring (bicyclic) bond motifs is 1. The van der Waals surface area contributed by atoms with Crippen LogP contribution >= 0.6 is 0 Å². The summed E-state index contributed by atoms with van der Waals surface area (Å²) in [5, 5.41) is 11.6. The lowest BCUT2D eigenvalue weighted by Gasteiger charge is -2.35. The molecule has 1 atom stereocenters. The minimum atomic E-state index is -0.976. The molecule has 1 N–H and O–H groups in total. The fourth-order valence-electron chi connectivity index (χ4n) is 5.46. The molecule has 1 heterocycles. The molecule has 1 saturated carbocycles. The van der Waals surface area contributed by atoms with Gasteiger partial charge in [-0.2, -0.15) is 0 Å². The Balaban J connectivity index is 1.63. The normalized spacial score (nSPS) is 14.6. The first-order valence-corrected chi connectivity index (χ1v) is 13.5. The summed E-state index contributed by atoms with van der Waals surface area (Å²) in [6.45, 7) is 3.25.